The van der Waals surface area contributed by atoms with E-state index in [-0.39, 0.29) is 12.2 Å². The number of ether oxygens (including phenoxy) is 3. The van der Waals surface area contributed by atoms with Crippen molar-refractivity contribution in [3.05, 3.63) is 33.9 Å². The summed E-state index contributed by atoms with van der Waals surface area (Å²) in [4.78, 5) is 0. The molecule has 4 heteroatoms. The molecule has 0 bridgehead atoms. The van der Waals surface area contributed by atoms with E-state index >= 15 is 0 Å². The predicted octanol–water partition coefficient (Wildman–Crippen LogP) is 2.80. The van der Waals surface area contributed by atoms with Gasteiger partial charge in [0.25, 0.3) is 0 Å². The highest BCUT2D eigenvalue weighted by atomic mass is 127. The van der Waals surface area contributed by atoms with Crippen molar-refractivity contribution >= 4 is 22.6 Å². The molecule has 1 aromatic rings. The monoisotopic (exact) mass is 316 g/mol. The summed E-state index contributed by atoms with van der Waals surface area (Å²) >= 11 is 2.20. The Labute approximate surface area is 101 Å². The van der Waals surface area contributed by atoms with Crippen LogP contribution in [0.5, 0.6) is 11.5 Å². The van der Waals surface area contributed by atoms with E-state index in [1.807, 2.05) is 18.2 Å². The summed E-state index contributed by atoms with van der Waals surface area (Å²) in [6, 6.07) is 5.91. The van der Waals surface area contributed by atoms with Gasteiger partial charge in [0.15, 0.2) is 11.5 Å². The fourth-order valence-corrected chi connectivity index (χ4v) is 2.17. The van der Waals surface area contributed by atoms with Crippen molar-refractivity contribution in [2.24, 2.45) is 0 Å². The third-order valence-corrected chi connectivity index (χ3v) is 3.14. The number of epoxide rings is 1. The molecule has 1 fully saturated rings. The molecule has 2 aliphatic rings. The quantitative estimate of drug-likeness (QED) is 0.621. The first-order valence-electron chi connectivity index (χ1n) is 4.65. The number of benzene rings is 1. The molecule has 0 spiro atoms. The Bertz CT molecular complexity index is 430. The number of halogens is 1. The third kappa shape index (κ3) is 1.61. The molecular weight excluding hydrogens is 307 g/mol. The standard InChI is InChI=1S/C11H9IO3/c1-6(12)10-11(15-10)7-2-3-8-9(4-7)14-5-13-8/h2-4,10-11H,1,5H2/t10-,11-/m1/s1. The lowest BCUT2D eigenvalue weighted by Crippen LogP contribution is -1.93. The van der Waals surface area contributed by atoms with Gasteiger partial charge in [-0.2, -0.15) is 0 Å². The Morgan fingerprint density at radius 1 is 1.33 bits per heavy atom. The summed E-state index contributed by atoms with van der Waals surface area (Å²) in [5.74, 6) is 1.62. The Hall–Kier alpha value is -0.750. The molecule has 0 aromatic heterocycles. The Morgan fingerprint density at radius 2 is 2.13 bits per heavy atom. The normalized spacial score (nSPS) is 26.5. The van der Waals surface area contributed by atoms with Crippen LogP contribution in [-0.2, 0) is 4.74 Å². The van der Waals surface area contributed by atoms with Crippen molar-refractivity contribution in [1.29, 1.82) is 0 Å². The zero-order valence-corrected chi connectivity index (χ0v) is 10.1. The average Bonchev–Trinajstić information content (AvgIpc) is 2.89. The fourth-order valence-electron chi connectivity index (χ4n) is 1.69. The van der Waals surface area contributed by atoms with Crippen molar-refractivity contribution in [1.82, 2.24) is 0 Å². The van der Waals surface area contributed by atoms with Crippen LogP contribution in [0, 0.1) is 0 Å². The molecule has 3 rings (SSSR count). The van der Waals surface area contributed by atoms with Gasteiger partial charge in [0.05, 0.1) is 0 Å². The maximum Gasteiger partial charge on any atom is 0.231 e. The number of hydrogen-bond donors (Lipinski definition) is 0. The zero-order chi connectivity index (χ0) is 10.4. The average molecular weight is 316 g/mol. The van der Waals surface area contributed by atoms with Gasteiger partial charge in [-0.3, -0.25) is 0 Å². The second-order valence-corrected chi connectivity index (χ2v) is 4.92. The zero-order valence-electron chi connectivity index (χ0n) is 7.90. The van der Waals surface area contributed by atoms with Crippen molar-refractivity contribution in [3.63, 3.8) is 0 Å². The highest BCUT2D eigenvalue weighted by Crippen LogP contribution is 2.46. The second-order valence-electron chi connectivity index (χ2n) is 3.54. The van der Waals surface area contributed by atoms with Gasteiger partial charge < -0.3 is 14.2 Å². The van der Waals surface area contributed by atoms with Crippen LogP contribution in [0.4, 0.5) is 0 Å². The van der Waals surface area contributed by atoms with E-state index in [0.29, 0.717) is 6.79 Å². The van der Waals surface area contributed by atoms with Crippen LogP contribution in [-0.4, -0.2) is 12.9 Å². The molecule has 0 amide bonds. The minimum atomic E-state index is 0.142. The van der Waals surface area contributed by atoms with Crippen LogP contribution in [0.25, 0.3) is 0 Å². The largest absolute Gasteiger partial charge is 0.454 e. The van der Waals surface area contributed by atoms with Gasteiger partial charge in [0.1, 0.15) is 12.2 Å². The summed E-state index contributed by atoms with van der Waals surface area (Å²) in [5.41, 5.74) is 1.13. The number of hydrogen-bond acceptors (Lipinski definition) is 3. The molecule has 78 valence electrons. The summed E-state index contributed by atoms with van der Waals surface area (Å²) in [5, 5.41) is 0. The first-order valence-corrected chi connectivity index (χ1v) is 5.73. The van der Waals surface area contributed by atoms with Crippen LogP contribution in [0.2, 0.25) is 0 Å². The molecule has 2 aliphatic heterocycles. The topological polar surface area (TPSA) is 31.0 Å². The molecule has 1 saturated heterocycles. The third-order valence-electron chi connectivity index (χ3n) is 2.53. The van der Waals surface area contributed by atoms with Gasteiger partial charge >= 0.3 is 0 Å². The maximum atomic E-state index is 5.52. The van der Waals surface area contributed by atoms with E-state index in [4.69, 9.17) is 14.2 Å². The first kappa shape index (κ1) is 9.47. The van der Waals surface area contributed by atoms with Gasteiger partial charge in [0, 0.05) is 3.58 Å². The molecule has 0 saturated carbocycles. The van der Waals surface area contributed by atoms with Crippen molar-refractivity contribution in [2.45, 2.75) is 12.2 Å². The number of rotatable bonds is 2. The van der Waals surface area contributed by atoms with E-state index in [1.54, 1.807) is 0 Å². The number of fused-ring (bicyclic) bond motifs is 1. The van der Waals surface area contributed by atoms with Crippen molar-refractivity contribution < 1.29 is 14.2 Å². The van der Waals surface area contributed by atoms with Crippen LogP contribution in [0.15, 0.2) is 28.4 Å². The lowest BCUT2D eigenvalue weighted by Gasteiger charge is -1.98. The summed E-state index contributed by atoms with van der Waals surface area (Å²) < 4.78 is 17.1. The van der Waals surface area contributed by atoms with Gasteiger partial charge in [-0.25, -0.2) is 0 Å². The molecule has 3 nitrogen and oxygen atoms in total. The lowest BCUT2D eigenvalue weighted by atomic mass is 10.1. The molecular formula is C11H9IO3. The predicted molar refractivity (Wildman–Crippen MR) is 63.3 cm³/mol. The minimum absolute atomic E-state index is 0.142. The van der Waals surface area contributed by atoms with Crippen molar-refractivity contribution in [2.75, 3.05) is 6.79 Å². The molecule has 1 aromatic carbocycles. The SMILES string of the molecule is C=C(I)[C@H]1O[C@@H]1c1ccc2c(c1)OCO2. The molecule has 0 unspecified atom stereocenters. The van der Waals surface area contributed by atoms with Crippen LogP contribution < -0.4 is 9.47 Å². The first-order chi connectivity index (χ1) is 7.25. The highest BCUT2D eigenvalue weighted by Gasteiger charge is 2.41. The smallest absolute Gasteiger partial charge is 0.231 e. The van der Waals surface area contributed by atoms with Crippen molar-refractivity contribution in [3.8, 4) is 11.5 Å². The van der Waals surface area contributed by atoms with E-state index in [2.05, 4.69) is 29.2 Å². The van der Waals surface area contributed by atoms with Crippen LogP contribution >= 0.6 is 22.6 Å². The van der Waals surface area contributed by atoms with E-state index in [9.17, 15) is 0 Å². The maximum absolute atomic E-state index is 5.52. The van der Waals surface area contributed by atoms with Gasteiger partial charge in [-0.1, -0.05) is 12.6 Å². The van der Waals surface area contributed by atoms with Gasteiger partial charge in [-0.05, 0) is 40.3 Å². The summed E-state index contributed by atoms with van der Waals surface area (Å²) in [6.07, 6.45) is 0.301. The summed E-state index contributed by atoms with van der Waals surface area (Å²) in [7, 11) is 0. The Kier molecular flexibility index (Phi) is 2.14. The Balaban J connectivity index is 1.86. The molecule has 0 aliphatic carbocycles. The van der Waals surface area contributed by atoms with Crippen LogP contribution in [0.1, 0.15) is 11.7 Å². The molecule has 0 radical (unpaired) electrons. The highest BCUT2D eigenvalue weighted by molar-refractivity contribution is 14.1. The van der Waals surface area contributed by atoms with E-state index in [0.717, 1.165) is 20.6 Å². The van der Waals surface area contributed by atoms with E-state index in [1.165, 1.54) is 0 Å². The van der Waals surface area contributed by atoms with Crippen LogP contribution in [0.3, 0.4) is 0 Å². The second kappa shape index (κ2) is 3.38. The molecule has 2 atom stereocenters. The van der Waals surface area contributed by atoms with Gasteiger partial charge in [-0.15, -0.1) is 0 Å². The fraction of sp³-hybridized carbons (Fsp3) is 0.273. The molecule has 15 heavy (non-hydrogen) atoms. The molecule has 2 heterocycles. The summed E-state index contributed by atoms with van der Waals surface area (Å²) in [6.45, 7) is 4.18. The Morgan fingerprint density at radius 3 is 2.87 bits per heavy atom. The van der Waals surface area contributed by atoms with Gasteiger partial charge in [0.2, 0.25) is 6.79 Å². The molecule has 0 N–H and O–H groups in total. The lowest BCUT2D eigenvalue weighted by molar-refractivity contribution is 0.174. The van der Waals surface area contributed by atoms with E-state index < -0.39 is 0 Å². The minimum Gasteiger partial charge on any atom is -0.454 e.